The molecular weight excluding hydrogens is 218 g/mol. The number of aliphatic hydroxyl groups is 1. The lowest BCUT2D eigenvalue weighted by molar-refractivity contribution is 0.0610. The van der Waals surface area contributed by atoms with Crippen LogP contribution < -0.4 is 9.47 Å². The van der Waals surface area contributed by atoms with Crippen molar-refractivity contribution >= 4 is 0 Å². The van der Waals surface area contributed by atoms with Crippen molar-refractivity contribution in [3.8, 4) is 11.5 Å². The van der Waals surface area contributed by atoms with Crippen LogP contribution in [-0.4, -0.2) is 48.5 Å². The normalized spacial score (nSPS) is 28.3. The highest BCUT2D eigenvalue weighted by molar-refractivity contribution is 5.40. The Morgan fingerprint density at radius 2 is 2.12 bits per heavy atom. The van der Waals surface area contributed by atoms with Crippen LogP contribution in [0.2, 0.25) is 0 Å². The van der Waals surface area contributed by atoms with Crippen molar-refractivity contribution in [3.63, 3.8) is 0 Å². The van der Waals surface area contributed by atoms with Crippen molar-refractivity contribution in [2.24, 2.45) is 0 Å². The number of likely N-dealkylation sites (tertiary alicyclic amines) is 1. The predicted molar refractivity (Wildman–Crippen MR) is 63.4 cm³/mol. The molecule has 0 amide bonds. The monoisotopic (exact) mass is 235 g/mol. The van der Waals surface area contributed by atoms with Crippen LogP contribution in [0.4, 0.5) is 0 Å². The number of β-amino-alcohol motifs (C(OH)–C–C–N with tert-alkyl or cyclic N) is 1. The van der Waals surface area contributed by atoms with Gasteiger partial charge in [-0.25, -0.2) is 0 Å². The SMILES string of the molecule is OC1CCN(CC2COc3ccccc3O2)C1. The molecule has 0 saturated carbocycles. The summed E-state index contributed by atoms with van der Waals surface area (Å²) in [5.74, 6) is 1.65. The van der Waals surface area contributed by atoms with Gasteiger partial charge in [-0.15, -0.1) is 0 Å². The second-order valence-electron chi connectivity index (χ2n) is 4.70. The van der Waals surface area contributed by atoms with E-state index < -0.39 is 0 Å². The number of hydrogen-bond donors (Lipinski definition) is 1. The van der Waals surface area contributed by atoms with E-state index in [9.17, 15) is 5.11 Å². The molecule has 1 fully saturated rings. The maximum atomic E-state index is 9.47. The molecule has 2 atom stereocenters. The van der Waals surface area contributed by atoms with Crippen LogP contribution in [0, 0.1) is 0 Å². The molecular formula is C13H17NO3. The van der Waals surface area contributed by atoms with E-state index in [4.69, 9.17) is 9.47 Å². The topological polar surface area (TPSA) is 41.9 Å². The Bertz CT molecular complexity index is 396. The number of para-hydroxylation sites is 2. The Kier molecular flexibility index (Phi) is 2.91. The Labute approximate surface area is 101 Å². The zero-order valence-corrected chi connectivity index (χ0v) is 9.71. The van der Waals surface area contributed by atoms with E-state index >= 15 is 0 Å². The molecule has 0 aromatic heterocycles. The van der Waals surface area contributed by atoms with Crippen LogP contribution in [0.5, 0.6) is 11.5 Å². The first kappa shape index (κ1) is 10.9. The number of hydrogen-bond acceptors (Lipinski definition) is 4. The van der Waals surface area contributed by atoms with Crippen molar-refractivity contribution in [2.45, 2.75) is 18.6 Å². The van der Waals surface area contributed by atoms with E-state index in [0.29, 0.717) is 6.61 Å². The van der Waals surface area contributed by atoms with Gasteiger partial charge in [0.1, 0.15) is 12.7 Å². The molecule has 0 radical (unpaired) electrons. The van der Waals surface area contributed by atoms with Gasteiger partial charge in [0.05, 0.1) is 6.10 Å². The summed E-state index contributed by atoms with van der Waals surface area (Å²) in [5, 5.41) is 9.47. The first-order chi connectivity index (χ1) is 8.31. The summed E-state index contributed by atoms with van der Waals surface area (Å²) in [6, 6.07) is 7.75. The van der Waals surface area contributed by atoms with E-state index in [1.807, 2.05) is 24.3 Å². The van der Waals surface area contributed by atoms with Crippen molar-refractivity contribution in [1.29, 1.82) is 0 Å². The molecule has 2 heterocycles. The van der Waals surface area contributed by atoms with Crippen molar-refractivity contribution in [3.05, 3.63) is 24.3 Å². The zero-order chi connectivity index (χ0) is 11.7. The fourth-order valence-corrected chi connectivity index (χ4v) is 2.42. The van der Waals surface area contributed by atoms with Gasteiger partial charge in [0.25, 0.3) is 0 Å². The van der Waals surface area contributed by atoms with Gasteiger partial charge < -0.3 is 14.6 Å². The van der Waals surface area contributed by atoms with Gasteiger partial charge >= 0.3 is 0 Å². The van der Waals surface area contributed by atoms with Crippen LogP contribution in [0.1, 0.15) is 6.42 Å². The number of rotatable bonds is 2. The average molecular weight is 235 g/mol. The van der Waals surface area contributed by atoms with Crippen molar-refractivity contribution in [1.82, 2.24) is 4.90 Å². The summed E-state index contributed by atoms with van der Waals surface area (Å²) in [6.45, 7) is 3.11. The third kappa shape index (κ3) is 2.37. The van der Waals surface area contributed by atoms with Gasteiger partial charge in [-0.1, -0.05) is 12.1 Å². The Balaban J connectivity index is 1.61. The minimum absolute atomic E-state index is 0.0650. The number of fused-ring (bicyclic) bond motifs is 1. The quantitative estimate of drug-likeness (QED) is 0.826. The summed E-state index contributed by atoms with van der Waals surface area (Å²) < 4.78 is 11.5. The molecule has 17 heavy (non-hydrogen) atoms. The molecule has 1 aromatic rings. The lowest BCUT2D eigenvalue weighted by atomic mass is 10.2. The van der Waals surface area contributed by atoms with Crippen molar-refractivity contribution < 1.29 is 14.6 Å². The summed E-state index contributed by atoms with van der Waals surface area (Å²) in [6.07, 6.45) is 0.756. The molecule has 1 N–H and O–H groups in total. The molecule has 0 spiro atoms. The van der Waals surface area contributed by atoms with Crippen LogP contribution in [-0.2, 0) is 0 Å². The zero-order valence-electron chi connectivity index (χ0n) is 9.71. The second kappa shape index (κ2) is 4.55. The number of benzene rings is 1. The van der Waals surface area contributed by atoms with E-state index in [1.165, 1.54) is 0 Å². The molecule has 3 rings (SSSR count). The first-order valence-electron chi connectivity index (χ1n) is 6.10. The van der Waals surface area contributed by atoms with Gasteiger partial charge in [-0.2, -0.15) is 0 Å². The standard InChI is InChI=1S/C13H17NO3/c15-10-5-6-14(7-10)8-11-9-16-12-3-1-2-4-13(12)17-11/h1-4,10-11,15H,5-9H2. The minimum Gasteiger partial charge on any atom is -0.486 e. The summed E-state index contributed by atoms with van der Waals surface area (Å²) in [5.41, 5.74) is 0. The molecule has 1 saturated heterocycles. The smallest absolute Gasteiger partial charge is 0.161 e. The molecule has 2 aliphatic heterocycles. The lowest BCUT2D eigenvalue weighted by Crippen LogP contribution is -2.40. The molecule has 4 heteroatoms. The van der Waals surface area contributed by atoms with Crippen molar-refractivity contribution in [2.75, 3.05) is 26.2 Å². The van der Waals surface area contributed by atoms with E-state index in [2.05, 4.69) is 4.90 Å². The first-order valence-corrected chi connectivity index (χ1v) is 6.10. The molecule has 2 unspecified atom stereocenters. The summed E-state index contributed by atoms with van der Waals surface area (Å²) >= 11 is 0. The van der Waals surface area contributed by atoms with Crippen LogP contribution >= 0.6 is 0 Å². The molecule has 0 bridgehead atoms. The number of ether oxygens (including phenoxy) is 2. The fraction of sp³-hybridized carbons (Fsp3) is 0.538. The van der Waals surface area contributed by atoms with E-state index in [-0.39, 0.29) is 12.2 Å². The Morgan fingerprint density at radius 1 is 1.29 bits per heavy atom. The highest BCUT2D eigenvalue weighted by Crippen LogP contribution is 2.31. The van der Waals surface area contributed by atoms with Gasteiger partial charge in [0.15, 0.2) is 11.5 Å². The van der Waals surface area contributed by atoms with E-state index in [0.717, 1.165) is 37.6 Å². The van der Waals surface area contributed by atoms with Gasteiger partial charge in [0.2, 0.25) is 0 Å². The van der Waals surface area contributed by atoms with Gasteiger partial charge in [-0.05, 0) is 18.6 Å². The summed E-state index contributed by atoms with van der Waals surface area (Å²) in [4.78, 5) is 2.23. The van der Waals surface area contributed by atoms with Gasteiger partial charge in [0, 0.05) is 19.6 Å². The molecule has 0 aliphatic carbocycles. The third-order valence-electron chi connectivity index (χ3n) is 3.28. The number of aliphatic hydroxyl groups excluding tert-OH is 1. The van der Waals surface area contributed by atoms with Crippen LogP contribution in [0.15, 0.2) is 24.3 Å². The predicted octanol–water partition coefficient (Wildman–Crippen LogP) is 0.893. The number of nitrogens with zero attached hydrogens (tertiary/aromatic N) is 1. The molecule has 1 aromatic carbocycles. The highest BCUT2D eigenvalue weighted by Gasteiger charge is 2.27. The minimum atomic E-state index is -0.174. The largest absolute Gasteiger partial charge is 0.486 e. The molecule has 4 nitrogen and oxygen atoms in total. The van der Waals surface area contributed by atoms with Gasteiger partial charge in [-0.3, -0.25) is 4.90 Å². The fourth-order valence-electron chi connectivity index (χ4n) is 2.42. The maximum absolute atomic E-state index is 9.47. The third-order valence-corrected chi connectivity index (χ3v) is 3.28. The molecule has 2 aliphatic rings. The second-order valence-corrected chi connectivity index (χ2v) is 4.70. The van der Waals surface area contributed by atoms with Crippen LogP contribution in [0.3, 0.4) is 0 Å². The maximum Gasteiger partial charge on any atom is 0.161 e. The molecule has 92 valence electrons. The van der Waals surface area contributed by atoms with Crippen LogP contribution in [0.25, 0.3) is 0 Å². The van der Waals surface area contributed by atoms with E-state index in [1.54, 1.807) is 0 Å². The Morgan fingerprint density at radius 3 is 2.88 bits per heavy atom. The highest BCUT2D eigenvalue weighted by atomic mass is 16.6. The Hall–Kier alpha value is -1.26. The average Bonchev–Trinajstić information content (AvgIpc) is 2.75. The summed E-state index contributed by atoms with van der Waals surface area (Å²) in [7, 11) is 0. The lowest BCUT2D eigenvalue weighted by Gasteiger charge is -2.29.